The minimum Gasteiger partial charge on any atom is -0.382 e. The molecular weight excluding hydrogens is 354 g/mol. The van der Waals surface area contributed by atoms with Gasteiger partial charge in [-0.1, -0.05) is 6.07 Å². The van der Waals surface area contributed by atoms with E-state index in [-0.39, 0.29) is 12.1 Å². The summed E-state index contributed by atoms with van der Waals surface area (Å²) in [6.45, 7) is 2.20. The van der Waals surface area contributed by atoms with Gasteiger partial charge >= 0.3 is 0 Å². The number of halogens is 2. The van der Waals surface area contributed by atoms with E-state index in [9.17, 15) is 22.9 Å². The highest BCUT2D eigenvalue weighted by Gasteiger charge is 2.43. The summed E-state index contributed by atoms with van der Waals surface area (Å²) in [5, 5.41) is 13.9. The van der Waals surface area contributed by atoms with Crippen molar-refractivity contribution < 1.29 is 22.9 Å². The largest absolute Gasteiger partial charge is 0.382 e. The fourth-order valence-corrected chi connectivity index (χ4v) is 4.12. The van der Waals surface area contributed by atoms with Crippen molar-refractivity contribution in [3.63, 3.8) is 0 Å². The van der Waals surface area contributed by atoms with Crippen LogP contribution in [0.5, 0.6) is 0 Å². The van der Waals surface area contributed by atoms with Crippen LogP contribution in [0.4, 0.5) is 8.78 Å². The maximum Gasteiger partial charge on any atom is 0.250 e. The van der Waals surface area contributed by atoms with Crippen molar-refractivity contribution in [1.29, 1.82) is 0 Å². The topological polar surface area (TPSA) is 97.4 Å². The van der Waals surface area contributed by atoms with E-state index in [4.69, 9.17) is 0 Å². The van der Waals surface area contributed by atoms with E-state index in [0.29, 0.717) is 6.07 Å². The predicted molar refractivity (Wildman–Crippen MR) is 86.9 cm³/mol. The molecule has 25 heavy (non-hydrogen) atoms. The first-order valence-electron chi connectivity index (χ1n) is 7.28. The second-order valence-electron chi connectivity index (χ2n) is 5.76. The highest BCUT2D eigenvalue weighted by atomic mass is 32.2. The van der Waals surface area contributed by atoms with Gasteiger partial charge in [-0.2, -0.15) is 9.46 Å². The van der Waals surface area contributed by atoms with Gasteiger partial charge in [0.15, 0.2) is 0 Å². The fraction of sp³-hybridized carbons (Fsp3) is 0.400. The van der Waals surface area contributed by atoms with Crippen LogP contribution in [-0.2, 0) is 26.7 Å². The van der Waals surface area contributed by atoms with E-state index in [1.165, 1.54) is 30.5 Å². The van der Waals surface area contributed by atoms with Crippen LogP contribution in [0.3, 0.4) is 0 Å². The summed E-state index contributed by atoms with van der Waals surface area (Å²) in [6.07, 6.45) is 3.71. The van der Waals surface area contributed by atoms with Crippen LogP contribution in [-0.4, -0.2) is 41.5 Å². The molecule has 1 amide bonds. The van der Waals surface area contributed by atoms with Crippen LogP contribution in [0.1, 0.15) is 19.4 Å². The van der Waals surface area contributed by atoms with E-state index < -0.39 is 38.1 Å². The Labute approximate surface area is 143 Å². The molecule has 136 valence electrons. The Bertz CT molecular complexity index is 894. The van der Waals surface area contributed by atoms with Gasteiger partial charge in [0, 0.05) is 24.8 Å². The second kappa shape index (κ2) is 6.96. The van der Waals surface area contributed by atoms with Gasteiger partial charge < -0.3 is 5.11 Å². The highest BCUT2D eigenvalue weighted by Crippen LogP contribution is 2.34. The smallest absolute Gasteiger partial charge is 0.250 e. The molecule has 0 saturated heterocycles. The minimum atomic E-state index is -3.24. The second-order valence-corrected chi connectivity index (χ2v) is 8.37. The van der Waals surface area contributed by atoms with Gasteiger partial charge in [-0.3, -0.25) is 4.79 Å². The number of hydrogen-bond donors (Lipinski definition) is 1. The maximum absolute atomic E-state index is 14.3. The molecule has 0 saturated carbocycles. The molecule has 1 unspecified atom stereocenters. The molecule has 7 nitrogen and oxygen atoms in total. The van der Waals surface area contributed by atoms with Crippen molar-refractivity contribution in [1.82, 2.24) is 14.8 Å². The first-order chi connectivity index (χ1) is 11.6. The Morgan fingerprint density at radius 3 is 2.68 bits per heavy atom. The Morgan fingerprint density at radius 2 is 2.16 bits per heavy atom. The summed E-state index contributed by atoms with van der Waals surface area (Å²) in [6, 6.07) is 2.67. The molecule has 2 aromatic rings. The van der Waals surface area contributed by atoms with Crippen molar-refractivity contribution in [3.8, 4) is 0 Å². The van der Waals surface area contributed by atoms with E-state index in [2.05, 4.69) is 14.4 Å². The summed E-state index contributed by atoms with van der Waals surface area (Å²) in [4.78, 5) is 15.0. The molecule has 0 aliphatic heterocycles. The van der Waals surface area contributed by atoms with Crippen molar-refractivity contribution in [2.75, 3.05) is 6.26 Å². The normalized spacial score (nSPS) is 17.4. The van der Waals surface area contributed by atoms with Gasteiger partial charge in [0.1, 0.15) is 29.9 Å². The average molecular weight is 372 g/mol. The Hall–Kier alpha value is -2.20. The van der Waals surface area contributed by atoms with Gasteiger partial charge in [-0.05, 0) is 13.0 Å². The number of carbonyl (C=O) groups excluding carboxylic acids is 1. The molecule has 0 fully saturated rings. The summed E-state index contributed by atoms with van der Waals surface area (Å²) < 4.78 is 45.2. The number of aliphatic hydroxyl groups is 1. The average Bonchev–Trinajstić information content (AvgIpc) is 2.97. The fourth-order valence-electron chi connectivity index (χ4n) is 2.53. The molecule has 0 radical (unpaired) electrons. The van der Waals surface area contributed by atoms with E-state index in [0.717, 1.165) is 19.1 Å². The van der Waals surface area contributed by atoms with Crippen molar-refractivity contribution in [2.24, 2.45) is 4.36 Å². The Balaban J connectivity index is 2.64. The van der Waals surface area contributed by atoms with Crippen LogP contribution < -0.4 is 0 Å². The Kier molecular flexibility index (Phi) is 5.33. The molecule has 0 aliphatic rings. The molecule has 1 aromatic carbocycles. The number of amides is 1. The Morgan fingerprint density at radius 1 is 1.48 bits per heavy atom. The maximum atomic E-state index is 14.3. The number of carbonyl (C=O) groups is 1. The number of aromatic nitrogens is 3. The molecule has 0 aliphatic carbocycles. The van der Waals surface area contributed by atoms with Crippen molar-refractivity contribution in [2.45, 2.75) is 31.2 Å². The zero-order chi connectivity index (χ0) is 18.8. The molecule has 1 aromatic heterocycles. The third-order valence-corrected chi connectivity index (χ3v) is 6.23. The lowest BCUT2D eigenvalue weighted by atomic mass is 9.90. The monoisotopic (exact) mass is 372 g/mol. The van der Waals surface area contributed by atoms with Crippen LogP contribution in [0, 0.1) is 11.6 Å². The molecule has 0 spiro atoms. The summed E-state index contributed by atoms with van der Waals surface area (Å²) in [5.41, 5.74) is -2.35. The van der Waals surface area contributed by atoms with Crippen molar-refractivity contribution >= 4 is 15.6 Å². The number of benzene rings is 1. The van der Waals surface area contributed by atoms with Crippen LogP contribution >= 0.6 is 0 Å². The third-order valence-electron chi connectivity index (χ3n) is 3.91. The van der Waals surface area contributed by atoms with Gasteiger partial charge in [0.2, 0.25) is 0 Å². The lowest BCUT2D eigenvalue weighted by Crippen LogP contribution is -2.46. The summed E-state index contributed by atoms with van der Waals surface area (Å²) >= 11 is 0. The third kappa shape index (κ3) is 4.07. The van der Waals surface area contributed by atoms with Crippen LogP contribution in [0.15, 0.2) is 35.2 Å². The molecule has 0 bridgehead atoms. The van der Waals surface area contributed by atoms with Gasteiger partial charge in [-0.25, -0.2) is 22.7 Å². The summed E-state index contributed by atoms with van der Waals surface area (Å²) in [5.74, 6) is -2.50. The van der Waals surface area contributed by atoms with Crippen LogP contribution in [0.2, 0.25) is 0 Å². The molecule has 3 atom stereocenters. The predicted octanol–water partition coefficient (Wildman–Crippen LogP) is 1.48. The van der Waals surface area contributed by atoms with Gasteiger partial charge in [-0.15, -0.1) is 0 Å². The van der Waals surface area contributed by atoms with E-state index in [1.54, 1.807) is 0 Å². The lowest BCUT2D eigenvalue weighted by Gasteiger charge is -2.35. The number of nitrogens with zero attached hydrogens (tertiary/aromatic N) is 4. The zero-order valence-electron chi connectivity index (χ0n) is 13.9. The van der Waals surface area contributed by atoms with Gasteiger partial charge in [0.05, 0.1) is 21.5 Å². The van der Waals surface area contributed by atoms with E-state index in [1.807, 2.05) is 0 Å². The van der Waals surface area contributed by atoms with Gasteiger partial charge in [0.25, 0.3) is 5.91 Å². The molecule has 2 rings (SSSR count). The van der Waals surface area contributed by atoms with Crippen LogP contribution in [0.25, 0.3) is 0 Å². The SMILES string of the molecule is CC(=O)N=S(C)(=O)[C@H](C)[C@](O)(Cn1cncn1)c1ccc(F)cc1F. The first kappa shape index (κ1) is 19.1. The summed E-state index contributed by atoms with van der Waals surface area (Å²) in [7, 11) is -3.24. The first-order valence-corrected chi connectivity index (χ1v) is 9.27. The molecular formula is C15H18F2N4O3S. The molecule has 1 heterocycles. The quantitative estimate of drug-likeness (QED) is 0.857. The number of hydrogen-bond acceptors (Lipinski definition) is 5. The van der Waals surface area contributed by atoms with E-state index >= 15 is 0 Å². The minimum absolute atomic E-state index is 0.273. The molecule has 10 heteroatoms. The number of rotatable bonds is 5. The lowest BCUT2D eigenvalue weighted by molar-refractivity contribution is -0.115. The highest BCUT2D eigenvalue weighted by molar-refractivity contribution is 7.93. The van der Waals surface area contributed by atoms with Crippen molar-refractivity contribution in [3.05, 3.63) is 48.1 Å². The molecule has 1 N–H and O–H groups in total. The standard InChI is InChI=1S/C15H18F2N4O3S/c1-10(25(3,24)20-11(2)22)15(23,7-21-9-18-8-19-21)13-5-4-12(16)6-14(13)17/h4-6,8-10,23H,7H2,1-3H3/t10-,15-,25?/m1/s1. The zero-order valence-corrected chi connectivity index (χ0v) is 14.7.